The van der Waals surface area contributed by atoms with Gasteiger partial charge in [-0.15, -0.1) is 0 Å². The van der Waals surface area contributed by atoms with E-state index < -0.39 is 5.54 Å². The molecule has 24 heavy (non-hydrogen) atoms. The lowest BCUT2D eigenvalue weighted by Gasteiger charge is -2.33. The van der Waals surface area contributed by atoms with E-state index in [1.54, 1.807) is 7.11 Å². The second kappa shape index (κ2) is 6.05. The zero-order chi connectivity index (χ0) is 17.5. The number of carbonyl (C=O) groups excluding carboxylic acids is 1. The van der Waals surface area contributed by atoms with Gasteiger partial charge in [-0.05, 0) is 57.4 Å². The van der Waals surface area contributed by atoms with Crippen LogP contribution in [0.25, 0.3) is 0 Å². The van der Waals surface area contributed by atoms with Crippen molar-refractivity contribution in [3.05, 3.63) is 29.3 Å². The molecule has 1 aromatic rings. The quantitative estimate of drug-likeness (QED) is 0.897. The Hall–Kier alpha value is -1.59. The minimum Gasteiger partial charge on any atom is -0.496 e. The highest BCUT2D eigenvalue weighted by atomic mass is 16.5. The number of carbonyl (C=O) groups is 1. The van der Waals surface area contributed by atoms with Gasteiger partial charge >= 0.3 is 0 Å². The first-order valence-electron chi connectivity index (χ1n) is 8.75. The maximum absolute atomic E-state index is 13.3. The lowest BCUT2D eigenvalue weighted by Crippen LogP contribution is -2.52. The van der Waals surface area contributed by atoms with Crippen LogP contribution in [0, 0.1) is 0 Å². The standard InChI is InChI=1S/C19H29N3O2/c1-18(2)10-11-22(13-12-21(18)3)17(23)19(20)9-8-14-15(19)6-5-7-16(14)24-4/h5-7H,8-13,20H2,1-4H3. The maximum atomic E-state index is 13.3. The monoisotopic (exact) mass is 331 g/mol. The molecule has 0 radical (unpaired) electrons. The lowest BCUT2D eigenvalue weighted by atomic mass is 9.90. The van der Waals surface area contributed by atoms with E-state index in [0.29, 0.717) is 6.42 Å². The van der Waals surface area contributed by atoms with E-state index >= 15 is 0 Å². The van der Waals surface area contributed by atoms with Crippen molar-refractivity contribution >= 4 is 5.91 Å². The molecule has 2 N–H and O–H groups in total. The molecule has 0 spiro atoms. The first-order chi connectivity index (χ1) is 11.3. The van der Waals surface area contributed by atoms with Gasteiger partial charge in [-0.2, -0.15) is 0 Å². The van der Waals surface area contributed by atoms with Crippen molar-refractivity contribution in [2.75, 3.05) is 33.8 Å². The average molecular weight is 331 g/mol. The normalized spacial score (nSPS) is 26.8. The molecular weight excluding hydrogens is 302 g/mol. The number of benzene rings is 1. The molecule has 5 nitrogen and oxygen atoms in total. The molecular formula is C19H29N3O2. The van der Waals surface area contributed by atoms with Gasteiger partial charge < -0.3 is 15.4 Å². The minimum atomic E-state index is -0.920. The van der Waals surface area contributed by atoms with Crippen molar-refractivity contribution in [2.45, 2.75) is 44.2 Å². The Morgan fingerprint density at radius 3 is 2.67 bits per heavy atom. The second-order valence-electron chi connectivity index (χ2n) is 7.73. The fourth-order valence-electron chi connectivity index (χ4n) is 3.88. The molecule has 1 aromatic carbocycles. The second-order valence-corrected chi connectivity index (χ2v) is 7.73. The maximum Gasteiger partial charge on any atom is 0.247 e. The summed E-state index contributed by atoms with van der Waals surface area (Å²) >= 11 is 0. The SMILES string of the molecule is COc1cccc2c1CCC2(N)C(=O)N1CCN(C)C(C)(C)CC1. The van der Waals surface area contributed by atoms with Crippen molar-refractivity contribution in [3.63, 3.8) is 0 Å². The van der Waals surface area contributed by atoms with E-state index in [9.17, 15) is 4.79 Å². The first-order valence-corrected chi connectivity index (χ1v) is 8.75. The number of amides is 1. The van der Waals surface area contributed by atoms with Gasteiger partial charge in [-0.1, -0.05) is 12.1 Å². The van der Waals surface area contributed by atoms with E-state index in [1.807, 2.05) is 23.1 Å². The molecule has 2 aliphatic rings. The third-order valence-corrected chi connectivity index (χ3v) is 6.00. The van der Waals surface area contributed by atoms with Crippen LogP contribution in [-0.2, 0) is 16.8 Å². The Labute approximate surface area is 144 Å². The summed E-state index contributed by atoms with van der Waals surface area (Å²) in [5, 5.41) is 0. The minimum absolute atomic E-state index is 0.0561. The van der Waals surface area contributed by atoms with Gasteiger partial charge in [-0.25, -0.2) is 0 Å². The molecule has 132 valence electrons. The molecule has 1 heterocycles. The predicted octanol–water partition coefficient (Wildman–Crippen LogP) is 1.74. The predicted molar refractivity (Wildman–Crippen MR) is 95.1 cm³/mol. The highest BCUT2D eigenvalue weighted by molar-refractivity contribution is 5.89. The number of methoxy groups -OCH3 is 1. The van der Waals surface area contributed by atoms with E-state index in [1.165, 1.54) is 0 Å². The van der Waals surface area contributed by atoms with Gasteiger partial charge in [0.25, 0.3) is 0 Å². The Bertz CT molecular complexity index is 643. The number of rotatable bonds is 2. The van der Waals surface area contributed by atoms with Crippen LogP contribution in [0.5, 0.6) is 5.75 Å². The molecule has 0 bridgehead atoms. The molecule has 1 saturated heterocycles. The number of ether oxygens (including phenoxy) is 1. The summed E-state index contributed by atoms with van der Waals surface area (Å²) in [6.45, 7) is 6.83. The summed E-state index contributed by atoms with van der Waals surface area (Å²) in [6.07, 6.45) is 2.40. The molecule has 0 saturated carbocycles. The van der Waals surface area contributed by atoms with Gasteiger partial charge in [0.2, 0.25) is 5.91 Å². The zero-order valence-corrected chi connectivity index (χ0v) is 15.3. The Balaban J connectivity index is 1.87. The Morgan fingerprint density at radius 1 is 1.21 bits per heavy atom. The summed E-state index contributed by atoms with van der Waals surface area (Å²) in [4.78, 5) is 17.6. The Morgan fingerprint density at radius 2 is 1.96 bits per heavy atom. The number of nitrogens with zero attached hydrogens (tertiary/aromatic N) is 2. The molecule has 1 unspecified atom stereocenters. The highest BCUT2D eigenvalue weighted by Crippen LogP contribution is 2.41. The first kappa shape index (κ1) is 17.2. The number of nitrogens with two attached hydrogens (primary N) is 1. The molecule has 1 aliphatic carbocycles. The molecule has 5 heteroatoms. The Kier molecular flexibility index (Phi) is 4.34. The van der Waals surface area contributed by atoms with Crippen LogP contribution in [0.4, 0.5) is 0 Å². The summed E-state index contributed by atoms with van der Waals surface area (Å²) in [5.41, 5.74) is 7.87. The van der Waals surface area contributed by atoms with Crippen molar-refractivity contribution < 1.29 is 9.53 Å². The number of likely N-dealkylation sites (N-methyl/N-ethyl adjacent to an activating group) is 1. The summed E-state index contributed by atoms with van der Waals surface area (Å²) in [7, 11) is 3.79. The fraction of sp³-hybridized carbons (Fsp3) is 0.632. The van der Waals surface area contributed by atoms with Crippen LogP contribution in [0.3, 0.4) is 0 Å². The lowest BCUT2D eigenvalue weighted by molar-refractivity contribution is -0.137. The molecule has 1 atom stereocenters. The molecule has 1 aliphatic heterocycles. The summed E-state index contributed by atoms with van der Waals surface area (Å²) in [5.74, 6) is 0.893. The van der Waals surface area contributed by atoms with E-state index in [2.05, 4.69) is 25.8 Å². The van der Waals surface area contributed by atoms with Crippen molar-refractivity contribution in [1.82, 2.24) is 9.80 Å². The van der Waals surface area contributed by atoms with Gasteiger partial charge in [-0.3, -0.25) is 9.69 Å². The summed E-state index contributed by atoms with van der Waals surface area (Å²) in [6, 6.07) is 5.85. The van der Waals surface area contributed by atoms with Crippen molar-refractivity contribution in [2.24, 2.45) is 5.73 Å². The van der Waals surface area contributed by atoms with Crippen LogP contribution in [0.2, 0.25) is 0 Å². The van der Waals surface area contributed by atoms with Crippen LogP contribution in [0.1, 0.15) is 37.8 Å². The van der Waals surface area contributed by atoms with E-state index in [4.69, 9.17) is 10.5 Å². The number of hydrogen-bond acceptors (Lipinski definition) is 4. The van der Waals surface area contributed by atoms with Crippen molar-refractivity contribution in [3.8, 4) is 5.75 Å². The zero-order valence-electron chi connectivity index (χ0n) is 15.3. The van der Waals surface area contributed by atoms with E-state index in [0.717, 1.165) is 49.4 Å². The third kappa shape index (κ3) is 2.70. The summed E-state index contributed by atoms with van der Waals surface area (Å²) < 4.78 is 5.45. The van der Waals surface area contributed by atoms with Crippen molar-refractivity contribution in [1.29, 1.82) is 0 Å². The average Bonchev–Trinajstić information content (AvgIpc) is 2.85. The van der Waals surface area contributed by atoms with Gasteiger partial charge in [0.15, 0.2) is 0 Å². The molecule has 1 fully saturated rings. The highest BCUT2D eigenvalue weighted by Gasteiger charge is 2.45. The van der Waals surface area contributed by atoms with E-state index in [-0.39, 0.29) is 11.4 Å². The van der Waals surface area contributed by atoms with Gasteiger partial charge in [0.05, 0.1) is 7.11 Å². The van der Waals surface area contributed by atoms with Crippen LogP contribution >= 0.6 is 0 Å². The van der Waals surface area contributed by atoms with Crippen LogP contribution < -0.4 is 10.5 Å². The third-order valence-electron chi connectivity index (χ3n) is 6.00. The van der Waals surface area contributed by atoms with Crippen LogP contribution in [-0.4, -0.2) is 55.0 Å². The largest absolute Gasteiger partial charge is 0.496 e. The molecule has 1 amide bonds. The number of fused-ring (bicyclic) bond motifs is 1. The van der Waals surface area contributed by atoms with Gasteiger partial charge in [0.1, 0.15) is 11.3 Å². The van der Waals surface area contributed by atoms with Gasteiger partial charge in [0, 0.05) is 25.2 Å². The molecule has 0 aromatic heterocycles. The molecule has 3 rings (SSSR count). The number of hydrogen-bond donors (Lipinski definition) is 1. The smallest absolute Gasteiger partial charge is 0.247 e. The van der Waals surface area contributed by atoms with Crippen LogP contribution in [0.15, 0.2) is 18.2 Å². The topological polar surface area (TPSA) is 58.8 Å². The fourth-order valence-corrected chi connectivity index (χ4v) is 3.88.